The molecule has 0 aliphatic heterocycles. The first kappa shape index (κ1) is 16.6. The Hall–Kier alpha value is 0.180. The Labute approximate surface area is 99.7 Å². The van der Waals surface area contributed by atoms with Gasteiger partial charge < -0.3 is 0 Å². The molecule has 0 aromatic carbocycles. The first-order valence-electron chi connectivity index (χ1n) is 5.34. The lowest BCUT2D eigenvalue weighted by molar-refractivity contribution is 1.10. The van der Waals surface area contributed by atoms with E-state index < -0.39 is 0 Å². The fourth-order valence-electron chi connectivity index (χ4n) is 0.839. The molecule has 0 N–H and O–H groups in total. The summed E-state index contributed by atoms with van der Waals surface area (Å²) in [6.07, 6.45) is 7.53. The SMILES string of the molecule is C/C=C\C(=C/C)C(S)SCCC.CC. The Kier molecular flexibility index (Phi) is 15.6. The number of allylic oxidation sites excluding steroid dienone is 3. The van der Waals surface area contributed by atoms with E-state index in [-0.39, 0.29) is 0 Å². The second kappa shape index (κ2) is 13.2. The maximum Gasteiger partial charge on any atom is 0.0718 e. The van der Waals surface area contributed by atoms with Gasteiger partial charge in [-0.05, 0) is 31.6 Å². The van der Waals surface area contributed by atoms with Crippen molar-refractivity contribution in [1.29, 1.82) is 0 Å². The van der Waals surface area contributed by atoms with Gasteiger partial charge in [0.2, 0.25) is 0 Å². The van der Waals surface area contributed by atoms with Crippen LogP contribution in [0.3, 0.4) is 0 Å². The summed E-state index contributed by atoms with van der Waals surface area (Å²) in [7, 11) is 0. The van der Waals surface area contributed by atoms with E-state index >= 15 is 0 Å². The van der Waals surface area contributed by atoms with E-state index in [9.17, 15) is 0 Å². The number of hydrogen-bond acceptors (Lipinski definition) is 2. The van der Waals surface area contributed by atoms with Crippen LogP contribution in [0.25, 0.3) is 0 Å². The Morgan fingerprint density at radius 2 is 1.93 bits per heavy atom. The van der Waals surface area contributed by atoms with Gasteiger partial charge in [-0.1, -0.05) is 39.0 Å². The van der Waals surface area contributed by atoms with Crippen molar-refractivity contribution in [1.82, 2.24) is 0 Å². The molecule has 0 saturated heterocycles. The summed E-state index contributed by atoms with van der Waals surface area (Å²) >= 11 is 6.41. The van der Waals surface area contributed by atoms with Crippen molar-refractivity contribution in [2.75, 3.05) is 5.75 Å². The van der Waals surface area contributed by atoms with Crippen molar-refractivity contribution in [2.24, 2.45) is 0 Å². The van der Waals surface area contributed by atoms with Gasteiger partial charge in [0.25, 0.3) is 0 Å². The smallest absolute Gasteiger partial charge is 0.0718 e. The number of hydrogen-bond donors (Lipinski definition) is 1. The lowest BCUT2D eigenvalue weighted by atomic mass is 10.2. The minimum atomic E-state index is 0.339. The summed E-state index contributed by atoms with van der Waals surface area (Å²) in [5, 5.41) is 0. The summed E-state index contributed by atoms with van der Waals surface area (Å²) in [6, 6.07) is 0. The van der Waals surface area contributed by atoms with Crippen LogP contribution in [-0.2, 0) is 0 Å². The van der Waals surface area contributed by atoms with Crippen LogP contribution >= 0.6 is 24.4 Å². The molecule has 0 aliphatic rings. The molecule has 0 aliphatic carbocycles. The molecule has 84 valence electrons. The number of thioether (sulfide) groups is 1. The summed E-state index contributed by atoms with van der Waals surface area (Å²) in [5.74, 6) is 1.18. The van der Waals surface area contributed by atoms with Gasteiger partial charge in [-0.25, -0.2) is 0 Å². The molecule has 1 unspecified atom stereocenters. The highest BCUT2D eigenvalue weighted by molar-refractivity contribution is 8.10. The molecule has 0 radical (unpaired) electrons. The van der Waals surface area contributed by atoms with Gasteiger partial charge in [-0.2, -0.15) is 12.6 Å². The summed E-state index contributed by atoms with van der Waals surface area (Å²) < 4.78 is 0.339. The van der Waals surface area contributed by atoms with Crippen molar-refractivity contribution < 1.29 is 0 Å². The molecule has 0 aromatic heterocycles. The van der Waals surface area contributed by atoms with E-state index in [1.807, 2.05) is 32.5 Å². The predicted molar refractivity (Wildman–Crippen MR) is 75.4 cm³/mol. The number of rotatable bonds is 5. The third-order valence-corrected chi connectivity index (χ3v) is 3.43. The molecule has 0 amide bonds. The molecular formula is C12H24S2. The Balaban J connectivity index is 0. The first-order chi connectivity index (χ1) is 6.76. The lowest BCUT2D eigenvalue weighted by Gasteiger charge is -2.10. The zero-order valence-corrected chi connectivity index (χ0v) is 11.8. The molecule has 0 heterocycles. The largest absolute Gasteiger partial charge is 0.160 e. The van der Waals surface area contributed by atoms with E-state index in [1.54, 1.807) is 0 Å². The zero-order chi connectivity index (χ0) is 11.4. The summed E-state index contributed by atoms with van der Waals surface area (Å²) in [6.45, 7) is 10.3. The summed E-state index contributed by atoms with van der Waals surface area (Å²) in [4.78, 5) is 0. The number of thiol groups is 1. The van der Waals surface area contributed by atoms with Crippen LogP contribution in [0.1, 0.15) is 41.0 Å². The average molecular weight is 232 g/mol. The molecule has 0 bridgehead atoms. The van der Waals surface area contributed by atoms with Crippen LogP contribution in [0.4, 0.5) is 0 Å². The second-order valence-electron chi connectivity index (χ2n) is 2.51. The molecule has 1 atom stereocenters. The minimum Gasteiger partial charge on any atom is -0.160 e. The van der Waals surface area contributed by atoms with E-state index in [0.29, 0.717) is 4.58 Å². The van der Waals surface area contributed by atoms with Gasteiger partial charge in [0, 0.05) is 0 Å². The van der Waals surface area contributed by atoms with Crippen molar-refractivity contribution in [2.45, 2.75) is 45.6 Å². The zero-order valence-electron chi connectivity index (χ0n) is 10.1. The van der Waals surface area contributed by atoms with Gasteiger partial charge in [-0.3, -0.25) is 0 Å². The third kappa shape index (κ3) is 8.76. The predicted octanol–water partition coefficient (Wildman–Crippen LogP) is 4.93. The molecule has 0 aromatic rings. The van der Waals surface area contributed by atoms with Crippen LogP contribution in [-0.4, -0.2) is 10.3 Å². The maximum atomic E-state index is 4.52. The van der Waals surface area contributed by atoms with Crippen molar-refractivity contribution >= 4 is 24.4 Å². The van der Waals surface area contributed by atoms with Gasteiger partial charge in [0.05, 0.1) is 4.58 Å². The Morgan fingerprint density at radius 3 is 2.29 bits per heavy atom. The van der Waals surface area contributed by atoms with E-state index in [0.717, 1.165) is 0 Å². The average Bonchev–Trinajstić information content (AvgIpc) is 2.25. The standard InChI is InChI=1S/C10H18S2.C2H6/c1-4-7-9(6-3)10(11)12-8-5-2;1-2/h4,6-7,10-11H,5,8H2,1-3H3;1-2H3/b7-4-,9-6+;. The highest BCUT2D eigenvalue weighted by Crippen LogP contribution is 2.24. The van der Waals surface area contributed by atoms with E-state index in [2.05, 4.69) is 44.7 Å². The van der Waals surface area contributed by atoms with Crippen LogP contribution in [0.5, 0.6) is 0 Å². The van der Waals surface area contributed by atoms with E-state index in [4.69, 9.17) is 0 Å². The molecule has 0 rings (SSSR count). The van der Waals surface area contributed by atoms with Gasteiger partial charge in [-0.15, -0.1) is 11.8 Å². The molecule has 2 heteroatoms. The van der Waals surface area contributed by atoms with Gasteiger partial charge in [0.15, 0.2) is 0 Å². The maximum absolute atomic E-state index is 4.52. The van der Waals surface area contributed by atoms with Crippen LogP contribution in [0.15, 0.2) is 23.8 Å². The monoisotopic (exact) mass is 232 g/mol. The molecular weight excluding hydrogens is 208 g/mol. The normalized spacial score (nSPS) is 13.7. The van der Waals surface area contributed by atoms with Crippen LogP contribution in [0, 0.1) is 0 Å². The quantitative estimate of drug-likeness (QED) is 0.398. The molecule has 0 saturated carbocycles. The van der Waals surface area contributed by atoms with Crippen LogP contribution in [0.2, 0.25) is 0 Å². The topological polar surface area (TPSA) is 0 Å². The molecule has 0 spiro atoms. The Bertz CT molecular complexity index is 160. The fourth-order valence-corrected chi connectivity index (χ4v) is 2.26. The van der Waals surface area contributed by atoms with Crippen LogP contribution < -0.4 is 0 Å². The molecule has 14 heavy (non-hydrogen) atoms. The summed E-state index contributed by atoms with van der Waals surface area (Å²) in [5.41, 5.74) is 1.30. The third-order valence-electron chi connectivity index (χ3n) is 1.46. The first-order valence-corrected chi connectivity index (χ1v) is 6.91. The minimum absolute atomic E-state index is 0.339. The highest BCUT2D eigenvalue weighted by Gasteiger charge is 2.04. The fraction of sp³-hybridized carbons (Fsp3) is 0.667. The van der Waals surface area contributed by atoms with Gasteiger partial charge >= 0.3 is 0 Å². The highest BCUT2D eigenvalue weighted by atomic mass is 32.2. The van der Waals surface area contributed by atoms with Crippen molar-refractivity contribution in [3.8, 4) is 0 Å². The molecule has 0 nitrogen and oxygen atoms in total. The Morgan fingerprint density at radius 1 is 1.36 bits per heavy atom. The molecule has 0 fully saturated rings. The second-order valence-corrected chi connectivity index (χ2v) is 4.59. The van der Waals surface area contributed by atoms with Gasteiger partial charge in [0.1, 0.15) is 0 Å². The van der Waals surface area contributed by atoms with Crippen molar-refractivity contribution in [3.05, 3.63) is 23.8 Å². The van der Waals surface area contributed by atoms with E-state index in [1.165, 1.54) is 17.7 Å². The lowest BCUT2D eigenvalue weighted by Crippen LogP contribution is -1.96. The van der Waals surface area contributed by atoms with Crippen molar-refractivity contribution in [3.63, 3.8) is 0 Å².